The Bertz CT molecular complexity index is 567. The molecular weight excluding hydrogens is 286 g/mol. The van der Waals surface area contributed by atoms with Gasteiger partial charge in [-0.3, -0.25) is 4.79 Å². The maximum absolute atomic E-state index is 12.6. The first kappa shape index (κ1) is 17.7. The second-order valence-corrected chi connectivity index (χ2v) is 7.13. The molecular formula is C16H25NO3S. The highest BCUT2D eigenvalue weighted by Crippen LogP contribution is 2.19. The van der Waals surface area contributed by atoms with Gasteiger partial charge in [-0.15, -0.1) is 0 Å². The molecule has 0 aliphatic heterocycles. The maximum Gasteiger partial charge on any atom is 0.255 e. The van der Waals surface area contributed by atoms with E-state index in [2.05, 4.69) is 6.92 Å². The standard InChI is InChI=1S/C16H25NO3S/c1-4-7-12-17(6-3)16(18)14-10-8-9-11-15(14)21(19,20)13-5-2/h8-11H,4-7,12-13H2,1-3H3. The maximum atomic E-state index is 12.6. The molecule has 21 heavy (non-hydrogen) atoms. The molecule has 0 saturated carbocycles. The monoisotopic (exact) mass is 311 g/mol. The predicted molar refractivity (Wildman–Crippen MR) is 85.3 cm³/mol. The zero-order chi connectivity index (χ0) is 15.9. The molecule has 0 unspecified atom stereocenters. The fourth-order valence-electron chi connectivity index (χ4n) is 2.22. The summed E-state index contributed by atoms with van der Waals surface area (Å²) in [5.74, 6) is -0.125. The second kappa shape index (κ2) is 8.17. The lowest BCUT2D eigenvalue weighted by Crippen LogP contribution is -2.32. The predicted octanol–water partition coefficient (Wildman–Crippen LogP) is 3.13. The van der Waals surface area contributed by atoms with Crippen LogP contribution in [0.1, 0.15) is 50.4 Å². The Labute approximate surface area is 128 Å². The van der Waals surface area contributed by atoms with Crippen LogP contribution in [0, 0.1) is 0 Å². The molecule has 1 rings (SSSR count). The Hall–Kier alpha value is -1.36. The van der Waals surface area contributed by atoms with E-state index in [4.69, 9.17) is 0 Å². The van der Waals surface area contributed by atoms with Crippen LogP contribution in [0.4, 0.5) is 0 Å². The molecule has 0 fully saturated rings. The van der Waals surface area contributed by atoms with Gasteiger partial charge in [-0.25, -0.2) is 8.42 Å². The molecule has 0 aromatic heterocycles. The first-order chi connectivity index (χ1) is 9.97. The Balaban J connectivity index is 3.16. The van der Waals surface area contributed by atoms with Gasteiger partial charge in [0.25, 0.3) is 5.91 Å². The van der Waals surface area contributed by atoms with E-state index >= 15 is 0 Å². The second-order valence-electron chi connectivity index (χ2n) is 5.05. The van der Waals surface area contributed by atoms with Gasteiger partial charge in [-0.1, -0.05) is 32.4 Å². The minimum atomic E-state index is -3.40. The number of sulfone groups is 1. The minimum absolute atomic E-state index is 0.0678. The quantitative estimate of drug-likeness (QED) is 0.741. The van der Waals surface area contributed by atoms with E-state index in [0.717, 1.165) is 12.8 Å². The average molecular weight is 311 g/mol. The first-order valence-electron chi connectivity index (χ1n) is 7.58. The van der Waals surface area contributed by atoms with Crippen LogP contribution in [-0.4, -0.2) is 38.1 Å². The Morgan fingerprint density at radius 2 is 1.76 bits per heavy atom. The number of amides is 1. The summed E-state index contributed by atoms with van der Waals surface area (Å²) < 4.78 is 24.6. The van der Waals surface area contributed by atoms with Gasteiger partial charge >= 0.3 is 0 Å². The topological polar surface area (TPSA) is 54.5 Å². The molecule has 0 saturated heterocycles. The van der Waals surface area contributed by atoms with Crippen molar-refractivity contribution in [3.63, 3.8) is 0 Å². The lowest BCUT2D eigenvalue weighted by Gasteiger charge is -2.22. The summed E-state index contributed by atoms with van der Waals surface area (Å²) in [5, 5.41) is 0. The van der Waals surface area contributed by atoms with Crippen molar-refractivity contribution in [3.05, 3.63) is 29.8 Å². The van der Waals surface area contributed by atoms with E-state index < -0.39 is 9.84 Å². The van der Waals surface area contributed by atoms with Crippen LogP contribution < -0.4 is 0 Å². The molecule has 1 aromatic carbocycles. The van der Waals surface area contributed by atoms with Gasteiger partial charge in [0.1, 0.15) is 0 Å². The number of benzene rings is 1. The Morgan fingerprint density at radius 1 is 1.10 bits per heavy atom. The molecule has 0 radical (unpaired) electrons. The van der Waals surface area contributed by atoms with Crippen molar-refractivity contribution in [2.24, 2.45) is 0 Å². The van der Waals surface area contributed by atoms with Gasteiger partial charge in [-0.05, 0) is 31.9 Å². The molecule has 0 spiro atoms. The summed E-state index contributed by atoms with van der Waals surface area (Å²) in [6, 6.07) is 6.53. The molecule has 4 nitrogen and oxygen atoms in total. The number of carbonyl (C=O) groups excluding carboxylic acids is 1. The van der Waals surface area contributed by atoms with Crippen LogP contribution >= 0.6 is 0 Å². The zero-order valence-corrected chi connectivity index (χ0v) is 13.9. The molecule has 0 N–H and O–H groups in total. The van der Waals surface area contributed by atoms with Crippen LogP contribution in [0.25, 0.3) is 0 Å². The van der Waals surface area contributed by atoms with Crippen molar-refractivity contribution in [2.75, 3.05) is 18.8 Å². The third-order valence-corrected chi connectivity index (χ3v) is 5.35. The smallest absolute Gasteiger partial charge is 0.255 e. The summed E-state index contributed by atoms with van der Waals surface area (Å²) in [6.07, 6.45) is 2.46. The molecule has 0 bridgehead atoms. The third-order valence-electron chi connectivity index (χ3n) is 3.38. The average Bonchev–Trinajstić information content (AvgIpc) is 2.47. The summed E-state index contributed by atoms with van der Waals surface area (Å²) in [7, 11) is -3.40. The van der Waals surface area contributed by atoms with E-state index in [1.165, 1.54) is 6.07 Å². The van der Waals surface area contributed by atoms with Crippen LogP contribution in [0.2, 0.25) is 0 Å². The largest absolute Gasteiger partial charge is 0.339 e. The zero-order valence-electron chi connectivity index (χ0n) is 13.1. The number of rotatable bonds is 8. The van der Waals surface area contributed by atoms with E-state index in [9.17, 15) is 13.2 Å². The number of unbranched alkanes of at least 4 members (excludes halogenated alkanes) is 1. The summed E-state index contributed by atoms with van der Waals surface area (Å²) in [4.78, 5) is 14.5. The van der Waals surface area contributed by atoms with E-state index in [1.807, 2.05) is 13.8 Å². The Kier molecular flexibility index (Phi) is 6.89. The van der Waals surface area contributed by atoms with Crippen LogP contribution in [0.5, 0.6) is 0 Å². The van der Waals surface area contributed by atoms with Gasteiger partial charge < -0.3 is 4.90 Å². The molecule has 0 aliphatic rings. The summed E-state index contributed by atoms with van der Waals surface area (Å²) in [5.41, 5.74) is 0.295. The SMILES string of the molecule is CCCCN(CC)C(=O)c1ccccc1S(=O)(=O)CCC. The first-order valence-corrected chi connectivity index (χ1v) is 9.24. The lowest BCUT2D eigenvalue weighted by atomic mass is 10.2. The van der Waals surface area contributed by atoms with Gasteiger partial charge in [0.15, 0.2) is 9.84 Å². The van der Waals surface area contributed by atoms with Crippen molar-refractivity contribution in [1.29, 1.82) is 0 Å². The van der Waals surface area contributed by atoms with Crippen LogP contribution in [0.3, 0.4) is 0 Å². The molecule has 1 amide bonds. The Morgan fingerprint density at radius 3 is 2.33 bits per heavy atom. The van der Waals surface area contributed by atoms with Crippen molar-refractivity contribution in [1.82, 2.24) is 4.90 Å². The van der Waals surface area contributed by atoms with Gasteiger partial charge in [0, 0.05) is 13.1 Å². The van der Waals surface area contributed by atoms with Crippen molar-refractivity contribution >= 4 is 15.7 Å². The van der Waals surface area contributed by atoms with Crippen molar-refractivity contribution < 1.29 is 13.2 Å². The van der Waals surface area contributed by atoms with Crippen LogP contribution in [-0.2, 0) is 9.84 Å². The third kappa shape index (κ3) is 4.56. The molecule has 5 heteroatoms. The highest BCUT2D eigenvalue weighted by atomic mass is 32.2. The van der Waals surface area contributed by atoms with E-state index in [0.29, 0.717) is 25.1 Å². The molecule has 0 atom stereocenters. The van der Waals surface area contributed by atoms with Gasteiger partial charge in [-0.2, -0.15) is 0 Å². The highest BCUT2D eigenvalue weighted by Gasteiger charge is 2.23. The van der Waals surface area contributed by atoms with E-state index in [1.54, 1.807) is 23.1 Å². The fourth-order valence-corrected chi connectivity index (χ4v) is 3.75. The molecule has 0 aliphatic carbocycles. The summed E-state index contributed by atoms with van der Waals surface area (Å²) >= 11 is 0. The van der Waals surface area contributed by atoms with E-state index in [-0.39, 0.29) is 16.6 Å². The fraction of sp³-hybridized carbons (Fsp3) is 0.562. The minimum Gasteiger partial charge on any atom is -0.339 e. The number of hydrogen-bond donors (Lipinski definition) is 0. The molecule has 118 valence electrons. The van der Waals surface area contributed by atoms with Gasteiger partial charge in [0.2, 0.25) is 0 Å². The van der Waals surface area contributed by atoms with Crippen molar-refractivity contribution in [2.45, 2.75) is 44.9 Å². The number of carbonyl (C=O) groups is 1. The van der Waals surface area contributed by atoms with Crippen LogP contribution in [0.15, 0.2) is 29.2 Å². The number of nitrogens with zero attached hydrogens (tertiary/aromatic N) is 1. The molecule has 0 heterocycles. The highest BCUT2D eigenvalue weighted by molar-refractivity contribution is 7.91. The number of hydrogen-bond acceptors (Lipinski definition) is 3. The van der Waals surface area contributed by atoms with Gasteiger partial charge in [0.05, 0.1) is 16.2 Å². The molecule has 1 aromatic rings. The van der Waals surface area contributed by atoms with Crippen molar-refractivity contribution in [3.8, 4) is 0 Å². The summed E-state index contributed by atoms with van der Waals surface area (Å²) in [6.45, 7) is 7.05. The lowest BCUT2D eigenvalue weighted by molar-refractivity contribution is 0.0758. The normalized spacial score (nSPS) is 11.4.